The lowest BCUT2D eigenvalue weighted by Gasteiger charge is -2.08. The molecule has 0 aliphatic rings. The van der Waals surface area contributed by atoms with Crippen molar-refractivity contribution in [2.45, 2.75) is 23.8 Å². The Morgan fingerprint density at radius 3 is 2.45 bits per heavy atom. The largest absolute Gasteiger partial charge is 0.154 e. The summed E-state index contributed by atoms with van der Waals surface area (Å²) in [5.41, 5.74) is 2.08. The Balaban J connectivity index is 1.99. The van der Waals surface area contributed by atoms with Crippen LogP contribution < -0.4 is 0 Å². The van der Waals surface area contributed by atoms with Crippen LogP contribution in [-0.4, -0.2) is 10.2 Å². The third-order valence-corrected chi connectivity index (χ3v) is 4.79. The molecule has 0 unspecified atom stereocenters. The van der Waals surface area contributed by atoms with Gasteiger partial charge in [-0.05, 0) is 47.9 Å². The third-order valence-electron chi connectivity index (χ3n) is 3.36. The monoisotopic (exact) mass is 300 g/mol. The van der Waals surface area contributed by atoms with E-state index in [9.17, 15) is 0 Å². The van der Waals surface area contributed by atoms with Crippen LogP contribution in [0.3, 0.4) is 0 Å². The molecular formula is C16H13ClN2S. The van der Waals surface area contributed by atoms with Crippen LogP contribution in [0.15, 0.2) is 52.4 Å². The molecule has 0 spiro atoms. The highest BCUT2D eigenvalue weighted by Gasteiger charge is 2.09. The number of rotatable bonds is 2. The SMILES string of the molecule is Cc1c(Cl)nnc(Sc2ccc3ccccc3c2)c1C. The minimum atomic E-state index is 0.477. The zero-order valence-electron chi connectivity index (χ0n) is 11.2. The average Bonchev–Trinajstić information content (AvgIpc) is 2.48. The number of fused-ring (bicyclic) bond motifs is 1. The van der Waals surface area contributed by atoms with E-state index in [0.29, 0.717) is 5.15 Å². The third kappa shape index (κ3) is 2.51. The standard InChI is InChI=1S/C16H13ClN2S/c1-10-11(2)16(19-18-15(10)17)20-14-8-7-12-5-3-4-6-13(12)9-14/h3-9H,1-2H3. The Kier molecular flexibility index (Phi) is 3.64. The Morgan fingerprint density at radius 1 is 0.900 bits per heavy atom. The van der Waals surface area contributed by atoms with Gasteiger partial charge in [0.2, 0.25) is 0 Å². The lowest BCUT2D eigenvalue weighted by atomic mass is 10.1. The van der Waals surface area contributed by atoms with Gasteiger partial charge >= 0.3 is 0 Å². The first-order chi connectivity index (χ1) is 9.65. The predicted molar refractivity (Wildman–Crippen MR) is 84.6 cm³/mol. The summed E-state index contributed by atoms with van der Waals surface area (Å²) in [5, 5.41) is 12.0. The van der Waals surface area contributed by atoms with E-state index >= 15 is 0 Å². The maximum Gasteiger partial charge on any atom is 0.154 e. The van der Waals surface area contributed by atoms with Crippen molar-refractivity contribution >= 4 is 34.1 Å². The molecule has 0 aliphatic carbocycles. The van der Waals surface area contributed by atoms with Crippen molar-refractivity contribution in [2.75, 3.05) is 0 Å². The van der Waals surface area contributed by atoms with E-state index in [1.165, 1.54) is 10.8 Å². The molecule has 100 valence electrons. The molecule has 3 rings (SSSR count). The Bertz CT molecular complexity index is 787. The van der Waals surface area contributed by atoms with Crippen LogP contribution in [0.25, 0.3) is 10.8 Å². The van der Waals surface area contributed by atoms with Gasteiger partial charge in [-0.1, -0.05) is 53.7 Å². The molecule has 0 radical (unpaired) electrons. The molecule has 0 saturated heterocycles. The van der Waals surface area contributed by atoms with Crippen molar-refractivity contribution in [2.24, 2.45) is 0 Å². The molecule has 3 aromatic rings. The quantitative estimate of drug-likeness (QED) is 0.662. The summed E-state index contributed by atoms with van der Waals surface area (Å²) in [6, 6.07) is 14.7. The molecule has 0 bridgehead atoms. The van der Waals surface area contributed by atoms with Gasteiger partial charge in [-0.2, -0.15) is 0 Å². The number of hydrogen-bond donors (Lipinski definition) is 0. The van der Waals surface area contributed by atoms with Crippen LogP contribution in [0.2, 0.25) is 5.15 Å². The number of nitrogens with zero attached hydrogens (tertiary/aromatic N) is 2. The summed E-state index contributed by atoms with van der Waals surface area (Å²) in [6.45, 7) is 4.00. The van der Waals surface area contributed by atoms with E-state index in [-0.39, 0.29) is 0 Å². The number of aromatic nitrogens is 2. The van der Waals surface area contributed by atoms with E-state index in [0.717, 1.165) is 21.0 Å². The highest BCUT2D eigenvalue weighted by Crippen LogP contribution is 2.32. The fraction of sp³-hybridized carbons (Fsp3) is 0.125. The van der Waals surface area contributed by atoms with Crippen molar-refractivity contribution in [3.8, 4) is 0 Å². The minimum absolute atomic E-state index is 0.477. The van der Waals surface area contributed by atoms with Gasteiger partial charge in [-0.15, -0.1) is 10.2 Å². The summed E-state index contributed by atoms with van der Waals surface area (Å²) in [7, 11) is 0. The van der Waals surface area contributed by atoms with Crippen molar-refractivity contribution < 1.29 is 0 Å². The maximum atomic E-state index is 5.98. The maximum absolute atomic E-state index is 5.98. The predicted octanol–water partition coefficient (Wildman–Crippen LogP) is 5.05. The summed E-state index contributed by atoms with van der Waals surface area (Å²) in [5.74, 6) is 0. The van der Waals surface area contributed by atoms with Crippen LogP contribution in [0.4, 0.5) is 0 Å². The first kappa shape index (κ1) is 13.4. The van der Waals surface area contributed by atoms with Gasteiger partial charge in [0.25, 0.3) is 0 Å². The summed E-state index contributed by atoms with van der Waals surface area (Å²) in [6.07, 6.45) is 0. The first-order valence-electron chi connectivity index (χ1n) is 6.31. The fourth-order valence-electron chi connectivity index (χ4n) is 1.99. The van der Waals surface area contributed by atoms with Crippen molar-refractivity contribution in [3.05, 3.63) is 58.7 Å². The summed E-state index contributed by atoms with van der Waals surface area (Å²) < 4.78 is 0. The highest BCUT2D eigenvalue weighted by atomic mass is 35.5. The zero-order chi connectivity index (χ0) is 14.1. The zero-order valence-corrected chi connectivity index (χ0v) is 12.8. The molecule has 0 aliphatic heterocycles. The van der Waals surface area contributed by atoms with Gasteiger partial charge in [0.15, 0.2) is 5.15 Å². The van der Waals surface area contributed by atoms with E-state index in [4.69, 9.17) is 11.6 Å². The lowest BCUT2D eigenvalue weighted by Crippen LogP contribution is -1.95. The molecule has 0 fully saturated rings. The smallest absolute Gasteiger partial charge is 0.142 e. The van der Waals surface area contributed by atoms with Gasteiger partial charge in [0, 0.05) is 4.90 Å². The molecule has 1 heterocycles. The van der Waals surface area contributed by atoms with Crippen molar-refractivity contribution in [1.29, 1.82) is 0 Å². The number of benzene rings is 2. The number of hydrogen-bond acceptors (Lipinski definition) is 3. The molecule has 0 atom stereocenters. The second kappa shape index (κ2) is 5.43. The lowest BCUT2D eigenvalue weighted by molar-refractivity contribution is 0.891. The Hall–Kier alpha value is -1.58. The molecular weight excluding hydrogens is 288 g/mol. The average molecular weight is 301 g/mol. The van der Waals surface area contributed by atoms with Crippen molar-refractivity contribution in [1.82, 2.24) is 10.2 Å². The van der Waals surface area contributed by atoms with Crippen LogP contribution in [-0.2, 0) is 0 Å². The van der Waals surface area contributed by atoms with Crippen molar-refractivity contribution in [3.63, 3.8) is 0 Å². The Morgan fingerprint density at radius 2 is 1.65 bits per heavy atom. The fourth-order valence-corrected chi connectivity index (χ4v) is 3.11. The molecule has 1 aromatic heterocycles. The van der Waals surface area contributed by atoms with E-state index in [2.05, 4.69) is 40.5 Å². The highest BCUT2D eigenvalue weighted by molar-refractivity contribution is 7.99. The van der Waals surface area contributed by atoms with Crippen LogP contribution >= 0.6 is 23.4 Å². The Labute approximate surface area is 127 Å². The van der Waals surface area contributed by atoms with E-state index < -0.39 is 0 Å². The molecule has 0 N–H and O–H groups in total. The molecule has 2 aromatic carbocycles. The second-order valence-electron chi connectivity index (χ2n) is 4.66. The molecule has 20 heavy (non-hydrogen) atoms. The molecule has 2 nitrogen and oxygen atoms in total. The van der Waals surface area contributed by atoms with Gasteiger partial charge < -0.3 is 0 Å². The van der Waals surface area contributed by atoms with Crippen LogP contribution in [0.1, 0.15) is 11.1 Å². The molecule has 0 saturated carbocycles. The van der Waals surface area contributed by atoms with Gasteiger partial charge in [-0.25, -0.2) is 0 Å². The van der Waals surface area contributed by atoms with Gasteiger partial charge in [-0.3, -0.25) is 0 Å². The summed E-state index contributed by atoms with van der Waals surface area (Å²) >= 11 is 7.60. The molecule has 0 amide bonds. The number of halogens is 1. The van der Waals surface area contributed by atoms with Crippen LogP contribution in [0.5, 0.6) is 0 Å². The normalized spacial score (nSPS) is 10.9. The molecule has 4 heteroatoms. The van der Waals surface area contributed by atoms with Gasteiger partial charge in [0.1, 0.15) is 5.03 Å². The summed E-state index contributed by atoms with van der Waals surface area (Å²) in [4.78, 5) is 1.16. The van der Waals surface area contributed by atoms with Crippen LogP contribution in [0, 0.1) is 13.8 Å². The topological polar surface area (TPSA) is 25.8 Å². The van der Waals surface area contributed by atoms with Gasteiger partial charge in [0.05, 0.1) is 0 Å². The van der Waals surface area contributed by atoms with E-state index in [1.54, 1.807) is 11.8 Å². The second-order valence-corrected chi connectivity index (χ2v) is 6.08. The first-order valence-corrected chi connectivity index (χ1v) is 7.50. The van der Waals surface area contributed by atoms with E-state index in [1.807, 2.05) is 26.0 Å². The minimum Gasteiger partial charge on any atom is -0.142 e.